The zero-order valence-corrected chi connectivity index (χ0v) is 7.92. The minimum atomic E-state index is 0.265. The topological polar surface area (TPSA) is 51.8 Å². The second-order valence-corrected chi connectivity index (χ2v) is 3.71. The fourth-order valence-corrected chi connectivity index (χ4v) is 1.64. The average molecular weight is 183 g/mol. The van der Waals surface area contributed by atoms with Crippen molar-refractivity contribution in [2.75, 3.05) is 5.75 Å². The lowest BCUT2D eigenvalue weighted by molar-refractivity contribution is 0.720. The Balaban J connectivity index is 2.25. The summed E-state index contributed by atoms with van der Waals surface area (Å²) in [6, 6.07) is 2.08. The number of thioether (sulfide) groups is 1. The number of hydrogen-bond donors (Lipinski definition) is 1. The quantitative estimate of drug-likeness (QED) is 0.565. The van der Waals surface area contributed by atoms with Crippen LogP contribution in [0, 0.1) is 0 Å². The summed E-state index contributed by atoms with van der Waals surface area (Å²) in [4.78, 5) is 8.17. The summed E-state index contributed by atoms with van der Waals surface area (Å²) < 4.78 is 0. The highest BCUT2D eigenvalue weighted by Crippen LogP contribution is 2.12. The Kier molecular flexibility index (Phi) is 4.04. The number of nitrogens with zero attached hydrogens (tertiary/aromatic N) is 2. The highest BCUT2D eigenvalue weighted by Gasteiger charge is 1.97. The van der Waals surface area contributed by atoms with Crippen molar-refractivity contribution < 1.29 is 0 Å². The van der Waals surface area contributed by atoms with Gasteiger partial charge in [-0.15, -0.1) is 0 Å². The Hall–Kier alpha value is -0.610. The maximum absolute atomic E-state index is 5.60. The van der Waals surface area contributed by atoms with E-state index in [1.165, 1.54) is 0 Å². The van der Waals surface area contributed by atoms with Crippen molar-refractivity contribution >= 4 is 11.8 Å². The van der Waals surface area contributed by atoms with Crippen molar-refractivity contribution in [2.45, 2.75) is 24.5 Å². The molecule has 2 N–H and O–H groups in total. The summed E-state index contributed by atoms with van der Waals surface area (Å²) in [6.07, 6.45) is 4.51. The predicted octanol–water partition coefficient (Wildman–Crippen LogP) is 1.31. The van der Waals surface area contributed by atoms with E-state index in [-0.39, 0.29) is 6.04 Å². The van der Waals surface area contributed by atoms with Gasteiger partial charge in [0.05, 0.1) is 0 Å². The van der Waals surface area contributed by atoms with E-state index in [4.69, 9.17) is 5.73 Å². The molecule has 0 aliphatic heterocycles. The first-order valence-electron chi connectivity index (χ1n) is 3.94. The van der Waals surface area contributed by atoms with Crippen molar-refractivity contribution in [1.29, 1.82) is 0 Å². The third-order valence-electron chi connectivity index (χ3n) is 1.35. The van der Waals surface area contributed by atoms with Crippen LogP contribution in [0.2, 0.25) is 0 Å². The van der Waals surface area contributed by atoms with Gasteiger partial charge in [-0.3, -0.25) is 0 Å². The first-order valence-corrected chi connectivity index (χ1v) is 4.93. The molecule has 66 valence electrons. The number of hydrogen-bond acceptors (Lipinski definition) is 4. The lowest BCUT2D eigenvalue weighted by Crippen LogP contribution is -2.15. The molecule has 1 heterocycles. The van der Waals surface area contributed by atoms with Gasteiger partial charge in [-0.05, 0) is 19.4 Å². The summed E-state index contributed by atoms with van der Waals surface area (Å²) in [5.74, 6) is 0.988. The molecule has 1 unspecified atom stereocenters. The van der Waals surface area contributed by atoms with Crippen LogP contribution in [0.4, 0.5) is 0 Å². The summed E-state index contributed by atoms with van der Waals surface area (Å²) in [7, 11) is 0. The zero-order valence-electron chi connectivity index (χ0n) is 7.10. The van der Waals surface area contributed by atoms with Crippen LogP contribution in [0.25, 0.3) is 0 Å². The molecule has 0 aliphatic carbocycles. The van der Waals surface area contributed by atoms with E-state index in [2.05, 4.69) is 9.97 Å². The molecular formula is C8H13N3S. The van der Waals surface area contributed by atoms with Crippen LogP contribution in [-0.4, -0.2) is 21.8 Å². The fraction of sp³-hybridized carbons (Fsp3) is 0.500. The van der Waals surface area contributed by atoms with E-state index in [0.29, 0.717) is 0 Å². The highest BCUT2D eigenvalue weighted by atomic mass is 32.2. The molecular weight excluding hydrogens is 170 g/mol. The molecule has 3 nitrogen and oxygen atoms in total. The predicted molar refractivity (Wildman–Crippen MR) is 51.0 cm³/mol. The molecule has 1 rings (SSSR count). The summed E-state index contributed by atoms with van der Waals surface area (Å²) >= 11 is 1.65. The second kappa shape index (κ2) is 5.11. The Morgan fingerprint density at radius 1 is 1.50 bits per heavy atom. The van der Waals surface area contributed by atoms with E-state index in [1.807, 2.05) is 13.0 Å². The van der Waals surface area contributed by atoms with Gasteiger partial charge in [-0.2, -0.15) is 0 Å². The van der Waals surface area contributed by atoms with Gasteiger partial charge in [0.1, 0.15) is 0 Å². The highest BCUT2D eigenvalue weighted by molar-refractivity contribution is 7.99. The lowest BCUT2D eigenvalue weighted by Gasteiger charge is -2.02. The van der Waals surface area contributed by atoms with E-state index in [9.17, 15) is 0 Å². The summed E-state index contributed by atoms with van der Waals surface area (Å²) in [5.41, 5.74) is 5.60. The van der Waals surface area contributed by atoms with Crippen LogP contribution in [0.5, 0.6) is 0 Å². The molecule has 1 atom stereocenters. The van der Waals surface area contributed by atoms with E-state index < -0.39 is 0 Å². The molecule has 0 saturated carbocycles. The van der Waals surface area contributed by atoms with Gasteiger partial charge in [-0.1, -0.05) is 11.8 Å². The Labute approximate surface area is 76.8 Å². The molecule has 0 amide bonds. The first-order chi connectivity index (χ1) is 5.79. The van der Waals surface area contributed by atoms with Gasteiger partial charge in [0.2, 0.25) is 0 Å². The zero-order chi connectivity index (χ0) is 8.81. The SMILES string of the molecule is CC(N)CCSc1ncccn1. The van der Waals surface area contributed by atoms with Crippen molar-refractivity contribution in [3.8, 4) is 0 Å². The first kappa shape index (κ1) is 9.48. The van der Waals surface area contributed by atoms with Crippen LogP contribution in [0.1, 0.15) is 13.3 Å². The second-order valence-electron chi connectivity index (χ2n) is 2.65. The van der Waals surface area contributed by atoms with Gasteiger partial charge in [-0.25, -0.2) is 9.97 Å². The van der Waals surface area contributed by atoms with E-state index >= 15 is 0 Å². The number of rotatable bonds is 4. The molecule has 0 fully saturated rings. The standard InChI is InChI=1S/C8H13N3S/c1-7(9)3-6-12-8-10-4-2-5-11-8/h2,4-5,7H,3,6,9H2,1H3. The van der Waals surface area contributed by atoms with Gasteiger partial charge in [0.25, 0.3) is 0 Å². The average Bonchev–Trinajstić information content (AvgIpc) is 2.05. The van der Waals surface area contributed by atoms with Gasteiger partial charge in [0, 0.05) is 24.2 Å². The smallest absolute Gasteiger partial charge is 0.187 e. The maximum Gasteiger partial charge on any atom is 0.187 e. The Morgan fingerprint density at radius 3 is 2.75 bits per heavy atom. The lowest BCUT2D eigenvalue weighted by atomic mass is 10.3. The minimum absolute atomic E-state index is 0.265. The van der Waals surface area contributed by atoms with Gasteiger partial charge in [0.15, 0.2) is 5.16 Å². The molecule has 12 heavy (non-hydrogen) atoms. The van der Waals surface area contributed by atoms with Crippen molar-refractivity contribution in [1.82, 2.24) is 9.97 Å². The van der Waals surface area contributed by atoms with Crippen LogP contribution in [-0.2, 0) is 0 Å². The van der Waals surface area contributed by atoms with E-state index in [0.717, 1.165) is 17.3 Å². The van der Waals surface area contributed by atoms with Crippen molar-refractivity contribution in [3.63, 3.8) is 0 Å². The number of aromatic nitrogens is 2. The molecule has 0 spiro atoms. The largest absolute Gasteiger partial charge is 0.328 e. The van der Waals surface area contributed by atoms with Gasteiger partial charge < -0.3 is 5.73 Å². The molecule has 0 saturated heterocycles. The molecule has 0 aliphatic rings. The number of nitrogens with two attached hydrogens (primary N) is 1. The van der Waals surface area contributed by atoms with Crippen molar-refractivity contribution in [2.24, 2.45) is 5.73 Å². The normalized spacial score (nSPS) is 12.8. The summed E-state index contributed by atoms with van der Waals surface area (Å²) in [5, 5.41) is 0.832. The third kappa shape index (κ3) is 3.69. The molecule has 1 aromatic rings. The Bertz CT molecular complexity index is 213. The molecule has 0 radical (unpaired) electrons. The van der Waals surface area contributed by atoms with Crippen LogP contribution >= 0.6 is 11.8 Å². The summed E-state index contributed by atoms with van der Waals surface area (Å²) in [6.45, 7) is 2.01. The molecule has 0 aromatic carbocycles. The Morgan fingerprint density at radius 2 is 2.17 bits per heavy atom. The van der Waals surface area contributed by atoms with Crippen LogP contribution in [0.15, 0.2) is 23.6 Å². The van der Waals surface area contributed by atoms with Crippen LogP contribution < -0.4 is 5.73 Å². The third-order valence-corrected chi connectivity index (χ3v) is 2.26. The minimum Gasteiger partial charge on any atom is -0.328 e. The molecule has 1 aromatic heterocycles. The molecule has 0 bridgehead atoms. The molecule has 4 heteroatoms. The monoisotopic (exact) mass is 183 g/mol. The van der Waals surface area contributed by atoms with Gasteiger partial charge >= 0.3 is 0 Å². The van der Waals surface area contributed by atoms with Crippen molar-refractivity contribution in [3.05, 3.63) is 18.5 Å². The van der Waals surface area contributed by atoms with Crippen LogP contribution in [0.3, 0.4) is 0 Å². The fourth-order valence-electron chi connectivity index (χ4n) is 0.696. The maximum atomic E-state index is 5.60. The van der Waals surface area contributed by atoms with E-state index in [1.54, 1.807) is 24.2 Å².